The van der Waals surface area contributed by atoms with Crippen molar-refractivity contribution in [2.75, 3.05) is 26.0 Å². The van der Waals surface area contributed by atoms with Crippen LogP contribution < -0.4 is 4.74 Å². The number of halogens is 2. The number of hydrogen-bond donors (Lipinski definition) is 0. The van der Waals surface area contributed by atoms with Gasteiger partial charge in [-0.05, 0) is 49.2 Å². The van der Waals surface area contributed by atoms with Crippen LogP contribution in [-0.4, -0.2) is 38.7 Å². The molecule has 1 atom stereocenters. The Balaban J connectivity index is 1.85. The lowest BCUT2D eigenvalue weighted by Gasteiger charge is -2.21. The minimum Gasteiger partial charge on any atom is -0.495 e. The van der Waals surface area contributed by atoms with Crippen molar-refractivity contribution in [1.82, 2.24) is 4.31 Å². The smallest absolute Gasteiger partial charge is 0.246 e. The van der Waals surface area contributed by atoms with Gasteiger partial charge in [0.05, 0.1) is 7.11 Å². The maximum atomic E-state index is 14.1. The molecule has 0 amide bonds. The van der Waals surface area contributed by atoms with Gasteiger partial charge in [-0.2, -0.15) is 16.1 Å². The van der Waals surface area contributed by atoms with Gasteiger partial charge >= 0.3 is 0 Å². The van der Waals surface area contributed by atoms with E-state index in [0.717, 1.165) is 17.7 Å². The van der Waals surface area contributed by atoms with Crippen LogP contribution in [0.5, 0.6) is 5.75 Å². The predicted molar refractivity (Wildman–Crippen MR) is 103 cm³/mol. The lowest BCUT2D eigenvalue weighted by Crippen LogP contribution is -2.33. The normalized spacial score (nSPS) is 18.9. The van der Waals surface area contributed by atoms with Gasteiger partial charge in [0.25, 0.3) is 0 Å². The van der Waals surface area contributed by atoms with Crippen LogP contribution in [0.2, 0.25) is 0 Å². The molecule has 0 spiro atoms. The molecule has 1 fully saturated rings. The Morgan fingerprint density at radius 1 is 1.15 bits per heavy atom. The number of methoxy groups -OCH3 is 1. The molecule has 4 nitrogen and oxygen atoms in total. The predicted octanol–water partition coefficient (Wildman–Crippen LogP) is 4.15. The Kier molecular flexibility index (Phi) is 6.08. The third kappa shape index (κ3) is 4.28. The van der Waals surface area contributed by atoms with Gasteiger partial charge < -0.3 is 4.74 Å². The van der Waals surface area contributed by atoms with Crippen LogP contribution in [0.25, 0.3) is 0 Å². The largest absolute Gasteiger partial charge is 0.495 e. The Morgan fingerprint density at radius 3 is 2.67 bits per heavy atom. The van der Waals surface area contributed by atoms with Crippen LogP contribution in [0, 0.1) is 18.6 Å². The maximum Gasteiger partial charge on any atom is 0.246 e. The monoisotopic (exact) mass is 413 g/mol. The molecule has 1 heterocycles. The summed E-state index contributed by atoms with van der Waals surface area (Å²) < 4.78 is 60.5. The molecular formula is C19H21F2NO3S2. The first-order chi connectivity index (χ1) is 12.8. The van der Waals surface area contributed by atoms with Gasteiger partial charge in [-0.15, -0.1) is 0 Å². The van der Waals surface area contributed by atoms with E-state index in [1.54, 1.807) is 18.2 Å². The molecule has 2 aromatic rings. The fourth-order valence-electron chi connectivity index (χ4n) is 3.12. The molecular weight excluding hydrogens is 392 g/mol. The van der Waals surface area contributed by atoms with Crippen molar-refractivity contribution >= 4 is 21.8 Å². The van der Waals surface area contributed by atoms with Gasteiger partial charge in [0.15, 0.2) is 0 Å². The molecule has 1 aliphatic rings. The van der Waals surface area contributed by atoms with Crippen molar-refractivity contribution in [1.29, 1.82) is 0 Å². The number of thioether (sulfide) groups is 1. The molecule has 0 saturated carbocycles. The molecule has 27 heavy (non-hydrogen) atoms. The molecule has 8 heteroatoms. The number of sulfonamides is 1. The van der Waals surface area contributed by atoms with Gasteiger partial charge in [0, 0.05) is 29.7 Å². The highest BCUT2D eigenvalue weighted by atomic mass is 32.2. The van der Waals surface area contributed by atoms with Crippen molar-refractivity contribution in [3.05, 3.63) is 59.2 Å². The van der Waals surface area contributed by atoms with E-state index in [0.29, 0.717) is 24.5 Å². The van der Waals surface area contributed by atoms with Crippen LogP contribution >= 0.6 is 11.8 Å². The summed E-state index contributed by atoms with van der Waals surface area (Å²) in [5, 5.41) is -0.291. The Labute approximate surface area is 162 Å². The van der Waals surface area contributed by atoms with E-state index in [4.69, 9.17) is 4.74 Å². The summed E-state index contributed by atoms with van der Waals surface area (Å²) in [6, 6.07) is 8.42. The highest BCUT2D eigenvalue weighted by molar-refractivity contribution is 7.99. The second-order valence-corrected chi connectivity index (χ2v) is 9.59. The van der Waals surface area contributed by atoms with Gasteiger partial charge in [0.2, 0.25) is 10.0 Å². The molecule has 0 bridgehead atoms. The van der Waals surface area contributed by atoms with E-state index in [1.165, 1.54) is 29.2 Å². The summed E-state index contributed by atoms with van der Waals surface area (Å²) in [5.74, 6) is -0.172. The molecule has 0 N–H and O–H groups in total. The van der Waals surface area contributed by atoms with Crippen molar-refractivity contribution in [2.24, 2.45) is 0 Å². The Hall–Kier alpha value is -1.64. The molecule has 1 saturated heterocycles. The lowest BCUT2D eigenvalue weighted by molar-refractivity contribution is 0.392. The number of nitrogens with zero attached hydrogens (tertiary/aromatic N) is 1. The molecule has 0 aliphatic carbocycles. The number of hydrogen-bond acceptors (Lipinski definition) is 4. The van der Waals surface area contributed by atoms with Crippen LogP contribution in [-0.2, 0) is 10.0 Å². The van der Waals surface area contributed by atoms with Gasteiger partial charge in [-0.1, -0.05) is 6.07 Å². The van der Waals surface area contributed by atoms with Crippen molar-refractivity contribution in [3.63, 3.8) is 0 Å². The first-order valence-electron chi connectivity index (χ1n) is 8.54. The molecule has 1 aliphatic heterocycles. The maximum absolute atomic E-state index is 14.1. The first-order valence-corrected chi connectivity index (χ1v) is 11.0. The van der Waals surface area contributed by atoms with Gasteiger partial charge in [-0.3, -0.25) is 0 Å². The third-order valence-corrected chi connectivity index (χ3v) is 7.77. The van der Waals surface area contributed by atoms with Crippen LogP contribution in [0.1, 0.15) is 22.8 Å². The van der Waals surface area contributed by atoms with E-state index in [-0.39, 0.29) is 22.3 Å². The molecule has 146 valence electrons. The summed E-state index contributed by atoms with van der Waals surface area (Å²) in [6.07, 6.45) is 0.401. The van der Waals surface area contributed by atoms with Crippen LogP contribution in [0.15, 0.2) is 41.3 Å². The second-order valence-electron chi connectivity index (χ2n) is 6.37. The van der Waals surface area contributed by atoms with E-state index < -0.39 is 21.7 Å². The molecule has 2 aromatic carbocycles. The molecule has 0 radical (unpaired) electrons. The fraction of sp³-hybridized carbons (Fsp3) is 0.368. The summed E-state index contributed by atoms with van der Waals surface area (Å²) in [7, 11) is -2.31. The Bertz CT molecular complexity index is 935. The summed E-state index contributed by atoms with van der Waals surface area (Å²) in [4.78, 5) is 0.130. The zero-order valence-corrected chi connectivity index (χ0v) is 16.7. The quantitative estimate of drug-likeness (QED) is 0.756. The summed E-state index contributed by atoms with van der Waals surface area (Å²) >= 11 is 1.44. The molecule has 1 unspecified atom stereocenters. The number of rotatable bonds is 4. The SMILES string of the molecule is COc1ccc(C)cc1S(=O)(=O)N1CCSC(c2cc(F)ccc2F)CC1. The minimum absolute atomic E-state index is 0.130. The van der Waals surface area contributed by atoms with E-state index in [1.807, 2.05) is 6.92 Å². The van der Waals surface area contributed by atoms with Gasteiger partial charge in [-0.25, -0.2) is 17.2 Å². The van der Waals surface area contributed by atoms with Crippen molar-refractivity contribution in [3.8, 4) is 5.75 Å². The third-order valence-electron chi connectivity index (χ3n) is 4.54. The first kappa shape index (κ1) is 20.1. The average Bonchev–Trinajstić information content (AvgIpc) is 2.90. The fourth-order valence-corrected chi connectivity index (χ4v) is 6.18. The standard InChI is InChI=1S/C19H21F2NO3S2/c1-13-3-6-17(25-2)19(11-13)27(23,24)22-8-7-18(26-10-9-22)15-12-14(20)4-5-16(15)21/h3-6,11-12,18H,7-10H2,1-2H3. The molecule has 0 aromatic heterocycles. The Morgan fingerprint density at radius 2 is 1.93 bits per heavy atom. The highest BCUT2D eigenvalue weighted by Gasteiger charge is 2.31. The number of benzene rings is 2. The van der Waals surface area contributed by atoms with E-state index >= 15 is 0 Å². The highest BCUT2D eigenvalue weighted by Crippen LogP contribution is 2.38. The summed E-state index contributed by atoms with van der Waals surface area (Å²) in [6.45, 7) is 2.35. The average molecular weight is 414 g/mol. The lowest BCUT2D eigenvalue weighted by atomic mass is 10.1. The second kappa shape index (κ2) is 8.16. The minimum atomic E-state index is -3.75. The summed E-state index contributed by atoms with van der Waals surface area (Å²) in [5.41, 5.74) is 1.10. The zero-order valence-electron chi connectivity index (χ0n) is 15.1. The van der Waals surface area contributed by atoms with E-state index in [2.05, 4.69) is 0 Å². The zero-order chi connectivity index (χ0) is 19.6. The van der Waals surface area contributed by atoms with Crippen molar-refractivity contribution in [2.45, 2.75) is 23.5 Å². The molecule has 3 rings (SSSR count). The van der Waals surface area contributed by atoms with Crippen LogP contribution in [0.4, 0.5) is 8.78 Å². The van der Waals surface area contributed by atoms with Gasteiger partial charge in [0.1, 0.15) is 22.3 Å². The number of ether oxygens (including phenoxy) is 1. The topological polar surface area (TPSA) is 46.6 Å². The van der Waals surface area contributed by atoms with Crippen LogP contribution in [0.3, 0.4) is 0 Å². The van der Waals surface area contributed by atoms with Crippen molar-refractivity contribution < 1.29 is 21.9 Å². The number of aryl methyl sites for hydroxylation is 1. The van der Waals surface area contributed by atoms with E-state index in [9.17, 15) is 17.2 Å².